The minimum absolute atomic E-state index is 0. The normalized spacial score (nSPS) is 11.9. The van der Waals surface area contributed by atoms with Gasteiger partial charge in [-0.15, -0.1) is 24.0 Å². The summed E-state index contributed by atoms with van der Waals surface area (Å²) in [4.78, 5) is 15.7. The second kappa shape index (κ2) is 13.1. The number of guanidine groups is 1. The number of likely N-dealkylation sites (N-methyl/N-ethyl adjacent to an activating group) is 1. The third-order valence-corrected chi connectivity index (χ3v) is 3.06. The van der Waals surface area contributed by atoms with Crippen LogP contribution in [0.2, 0.25) is 5.02 Å². The number of rotatable bonds is 8. The van der Waals surface area contributed by atoms with Gasteiger partial charge in [-0.2, -0.15) is 0 Å². The fourth-order valence-corrected chi connectivity index (χ4v) is 1.90. The lowest BCUT2D eigenvalue weighted by atomic mass is 10.3. The average Bonchev–Trinajstić information content (AvgIpc) is 2.52. The smallest absolute Gasteiger partial charge is 0.241 e. The molecule has 1 atom stereocenters. The van der Waals surface area contributed by atoms with Gasteiger partial charge < -0.3 is 20.7 Å². The zero-order valence-electron chi connectivity index (χ0n) is 14.3. The molecule has 1 unspecified atom stereocenters. The lowest BCUT2D eigenvalue weighted by Gasteiger charge is -2.17. The molecular formula is C16H26ClIN4O2. The van der Waals surface area contributed by atoms with Crippen molar-refractivity contribution in [2.24, 2.45) is 4.99 Å². The van der Waals surface area contributed by atoms with E-state index in [4.69, 9.17) is 16.3 Å². The molecule has 3 N–H and O–H groups in total. The third-order valence-electron chi connectivity index (χ3n) is 2.81. The minimum Gasteiger partial charge on any atom is -0.489 e. The Morgan fingerprint density at radius 2 is 1.79 bits per heavy atom. The van der Waals surface area contributed by atoms with Crippen molar-refractivity contribution in [3.05, 3.63) is 29.3 Å². The predicted molar refractivity (Wildman–Crippen MR) is 110 cm³/mol. The average molecular weight is 469 g/mol. The van der Waals surface area contributed by atoms with Crippen LogP contribution < -0.4 is 20.7 Å². The van der Waals surface area contributed by atoms with Crippen molar-refractivity contribution in [2.75, 3.05) is 26.2 Å². The van der Waals surface area contributed by atoms with Gasteiger partial charge in [0.25, 0.3) is 0 Å². The Morgan fingerprint density at radius 3 is 2.38 bits per heavy atom. The van der Waals surface area contributed by atoms with Crippen molar-refractivity contribution in [1.82, 2.24) is 16.0 Å². The van der Waals surface area contributed by atoms with Gasteiger partial charge in [-0.05, 0) is 45.0 Å². The third kappa shape index (κ3) is 9.82. The summed E-state index contributed by atoms with van der Waals surface area (Å²) >= 11 is 5.84. The number of ether oxygens (including phenoxy) is 1. The summed E-state index contributed by atoms with van der Waals surface area (Å²) < 4.78 is 5.78. The highest BCUT2D eigenvalue weighted by Crippen LogP contribution is 2.16. The van der Waals surface area contributed by atoms with Gasteiger partial charge in [0, 0.05) is 18.1 Å². The lowest BCUT2D eigenvalue weighted by Crippen LogP contribution is -2.42. The lowest BCUT2D eigenvalue weighted by molar-refractivity contribution is -0.119. The Morgan fingerprint density at radius 1 is 1.17 bits per heavy atom. The summed E-state index contributed by atoms with van der Waals surface area (Å²) in [7, 11) is 0. The van der Waals surface area contributed by atoms with Gasteiger partial charge in [0.15, 0.2) is 5.96 Å². The summed E-state index contributed by atoms with van der Waals surface area (Å²) in [5, 5.41) is 9.63. The summed E-state index contributed by atoms with van der Waals surface area (Å²) in [6.07, 6.45) is -0.0653. The number of aliphatic imine (C=N–C) groups is 1. The Hall–Kier alpha value is -1.22. The number of amides is 1. The maximum Gasteiger partial charge on any atom is 0.241 e. The van der Waals surface area contributed by atoms with Crippen LogP contribution in [-0.4, -0.2) is 44.1 Å². The molecule has 8 heteroatoms. The second-order valence-corrected chi connectivity index (χ2v) is 5.35. The number of carbonyl (C=O) groups excluding carboxylic acids is 1. The molecule has 136 valence electrons. The first-order chi connectivity index (χ1) is 11.0. The maximum atomic E-state index is 11.4. The van der Waals surface area contributed by atoms with Crippen LogP contribution in [0.15, 0.2) is 29.3 Å². The van der Waals surface area contributed by atoms with Crippen LogP contribution in [0.5, 0.6) is 5.75 Å². The standard InChI is InChI=1S/C16H25ClN4O2.HI/c1-4-18-15(22)11-21-16(19-5-2)20-10-12(3)23-14-8-6-13(17)7-9-14;/h6-9,12H,4-5,10-11H2,1-3H3,(H,18,22)(H2,19,20,21);1H. The SMILES string of the molecule is CCNC(=O)CN=C(NCC)NCC(C)Oc1ccc(Cl)cc1.I. The first kappa shape index (κ1) is 22.8. The van der Waals surface area contributed by atoms with E-state index in [1.807, 2.05) is 32.9 Å². The van der Waals surface area contributed by atoms with E-state index in [9.17, 15) is 4.79 Å². The Labute approximate surface area is 165 Å². The Kier molecular flexibility index (Phi) is 12.4. The highest BCUT2D eigenvalue weighted by atomic mass is 127. The Balaban J connectivity index is 0.00000529. The van der Waals surface area contributed by atoms with Gasteiger partial charge in [-0.1, -0.05) is 11.6 Å². The molecule has 0 saturated heterocycles. The van der Waals surface area contributed by atoms with Crippen LogP contribution in [0.25, 0.3) is 0 Å². The van der Waals surface area contributed by atoms with E-state index >= 15 is 0 Å². The molecule has 0 saturated carbocycles. The molecule has 0 spiro atoms. The highest BCUT2D eigenvalue weighted by molar-refractivity contribution is 14.0. The van der Waals surface area contributed by atoms with E-state index in [0.717, 1.165) is 5.75 Å². The summed E-state index contributed by atoms with van der Waals surface area (Å²) in [6.45, 7) is 7.77. The number of benzene rings is 1. The minimum atomic E-state index is -0.102. The van der Waals surface area contributed by atoms with Crippen molar-refractivity contribution < 1.29 is 9.53 Å². The molecule has 24 heavy (non-hydrogen) atoms. The molecule has 1 rings (SSSR count). The first-order valence-electron chi connectivity index (χ1n) is 7.76. The predicted octanol–water partition coefficient (Wildman–Crippen LogP) is 2.42. The molecule has 6 nitrogen and oxygen atoms in total. The molecule has 0 bridgehead atoms. The van der Waals surface area contributed by atoms with E-state index < -0.39 is 0 Å². The first-order valence-corrected chi connectivity index (χ1v) is 8.14. The van der Waals surface area contributed by atoms with Crippen LogP contribution in [0.3, 0.4) is 0 Å². The van der Waals surface area contributed by atoms with Crippen LogP contribution in [0.4, 0.5) is 0 Å². The summed E-state index contributed by atoms with van der Waals surface area (Å²) in [5.41, 5.74) is 0. The number of nitrogens with zero attached hydrogens (tertiary/aromatic N) is 1. The number of nitrogens with one attached hydrogen (secondary N) is 3. The number of hydrogen-bond acceptors (Lipinski definition) is 3. The van der Waals surface area contributed by atoms with Crippen molar-refractivity contribution in [2.45, 2.75) is 26.9 Å². The largest absolute Gasteiger partial charge is 0.489 e. The van der Waals surface area contributed by atoms with Gasteiger partial charge in [0.05, 0.1) is 6.54 Å². The molecule has 0 aliphatic rings. The molecule has 0 fully saturated rings. The summed E-state index contributed by atoms with van der Waals surface area (Å²) in [6, 6.07) is 7.23. The molecular weight excluding hydrogens is 443 g/mol. The number of halogens is 2. The van der Waals surface area contributed by atoms with Gasteiger partial charge in [-0.3, -0.25) is 4.79 Å². The van der Waals surface area contributed by atoms with Crippen LogP contribution in [0.1, 0.15) is 20.8 Å². The molecule has 0 heterocycles. The zero-order chi connectivity index (χ0) is 17.1. The van der Waals surface area contributed by atoms with E-state index in [-0.39, 0.29) is 42.5 Å². The molecule has 0 aromatic heterocycles. The Bertz CT molecular complexity index is 511. The van der Waals surface area contributed by atoms with Crippen LogP contribution in [0, 0.1) is 0 Å². The molecule has 1 amide bonds. The molecule has 0 radical (unpaired) electrons. The van der Waals surface area contributed by atoms with Crippen molar-refractivity contribution in [3.8, 4) is 5.75 Å². The molecule has 1 aromatic rings. The van der Waals surface area contributed by atoms with Crippen molar-refractivity contribution >= 4 is 47.4 Å². The zero-order valence-corrected chi connectivity index (χ0v) is 17.4. The second-order valence-electron chi connectivity index (χ2n) is 4.91. The van der Waals surface area contributed by atoms with Crippen molar-refractivity contribution in [3.63, 3.8) is 0 Å². The fourth-order valence-electron chi connectivity index (χ4n) is 1.77. The van der Waals surface area contributed by atoms with Crippen LogP contribution >= 0.6 is 35.6 Å². The van der Waals surface area contributed by atoms with E-state index in [0.29, 0.717) is 30.6 Å². The summed E-state index contributed by atoms with van der Waals surface area (Å²) in [5.74, 6) is 1.24. The number of carbonyl (C=O) groups is 1. The van der Waals surface area contributed by atoms with Crippen LogP contribution in [-0.2, 0) is 4.79 Å². The van der Waals surface area contributed by atoms with E-state index in [1.54, 1.807) is 12.1 Å². The molecule has 0 aliphatic heterocycles. The maximum absolute atomic E-state index is 11.4. The van der Waals surface area contributed by atoms with Gasteiger partial charge >= 0.3 is 0 Å². The highest BCUT2D eigenvalue weighted by Gasteiger charge is 2.06. The van der Waals surface area contributed by atoms with Crippen molar-refractivity contribution in [1.29, 1.82) is 0 Å². The topological polar surface area (TPSA) is 74.8 Å². The van der Waals surface area contributed by atoms with E-state index in [1.165, 1.54) is 0 Å². The van der Waals surface area contributed by atoms with Gasteiger partial charge in [0.2, 0.25) is 5.91 Å². The van der Waals surface area contributed by atoms with Gasteiger partial charge in [0.1, 0.15) is 18.4 Å². The molecule has 1 aromatic carbocycles. The number of hydrogen-bond donors (Lipinski definition) is 3. The quantitative estimate of drug-likeness (QED) is 0.311. The van der Waals surface area contributed by atoms with E-state index in [2.05, 4.69) is 20.9 Å². The van der Waals surface area contributed by atoms with Gasteiger partial charge in [-0.25, -0.2) is 4.99 Å². The monoisotopic (exact) mass is 468 g/mol. The molecule has 0 aliphatic carbocycles. The fraction of sp³-hybridized carbons (Fsp3) is 0.500.